The Kier molecular flexibility index (Phi) is 3.50. The van der Waals surface area contributed by atoms with E-state index >= 15 is 0 Å². The quantitative estimate of drug-likeness (QED) is 0.839. The fourth-order valence-corrected chi connectivity index (χ4v) is 2.44. The molecule has 20 heavy (non-hydrogen) atoms. The highest BCUT2D eigenvalue weighted by Gasteiger charge is 2.20. The van der Waals surface area contributed by atoms with E-state index in [9.17, 15) is 4.39 Å². The minimum Gasteiger partial charge on any atom is -0.366 e. The summed E-state index contributed by atoms with van der Waals surface area (Å²) in [5.74, 6) is 0.603. The van der Waals surface area contributed by atoms with Gasteiger partial charge in [0.15, 0.2) is 0 Å². The van der Waals surface area contributed by atoms with E-state index in [-0.39, 0.29) is 5.82 Å². The van der Waals surface area contributed by atoms with Crippen molar-refractivity contribution >= 4 is 11.6 Å². The molecule has 3 rings (SSSR count). The molecular weight excluding hydrogens is 255 g/mol. The van der Waals surface area contributed by atoms with Crippen LogP contribution in [0.25, 0.3) is 0 Å². The zero-order valence-corrected chi connectivity index (χ0v) is 11.5. The van der Waals surface area contributed by atoms with E-state index in [0.29, 0.717) is 5.69 Å². The molecule has 5 heteroatoms. The molecule has 0 N–H and O–H groups in total. The van der Waals surface area contributed by atoms with Gasteiger partial charge in [-0.15, -0.1) is 0 Å². The summed E-state index contributed by atoms with van der Waals surface area (Å²) >= 11 is 0. The van der Waals surface area contributed by atoms with Gasteiger partial charge in [0.25, 0.3) is 0 Å². The molecular formula is C15H17FN4. The molecule has 0 aliphatic carbocycles. The van der Waals surface area contributed by atoms with Crippen LogP contribution < -0.4 is 9.80 Å². The highest BCUT2D eigenvalue weighted by atomic mass is 19.1. The molecule has 1 fully saturated rings. The highest BCUT2D eigenvalue weighted by Crippen LogP contribution is 2.21. The van der Waals surface area contributed by atoms with E-state index < -0.39 is 0 Å². The van der Waals surface area contributed by atoms with Crippen LogP contribution in [0, 0.1) is 12.7 Å². The number of aryl methyl sites for hydroxylation is 1. The summed E-state index contributed by atoms with van der Waals surface area (Å²) < 4.78 is 13.8. The van der Waals surface area contributed by atoms with E-state index in [1.165, 1.54) is 6.07 Å². The third kappa shape index (κ3) is 2.57. The molecule has 1 saturated heterocycles. The molecule has 0 bridgehead atoms. The predicted molar refractivity (Wildman–Crippen MR) is 77.6 cm³/mol. The molecule has 1 aliphatic rings. The molecule has 0 atom stereocenters. The largest absolute Gasteiger partial charge is 0.366 e. The molecule has 0 saturated carbocycles. The number of nitrogens with zero attached hydrogens (tertiary/aromatic N) is 4. The smallest absolute Gasteiger partial charge is 0.225 e. The van der Waals surface area contributed by atoms with Crippen molar-refractivity contribution in [2.24, 2.45) is 0 Å². The monoisotopic (exact) mass is 272 g/mol. The maximum atomic E-state index is 13.8. The van der Waals surface area contributed by atoms with Crippen LogP contribution in [0.2, 0.25) is 0 Å². The molecule has 1 aromatic heterocycles. The van der Waals surface area contributed by atoms with E-state index in [2.05, 4.69) is 19.8 Å². The van der Waals surface area contributed by atoms with Crippen LogP contribution in [0.5, 0.6) is 0 Å². The van der Waals surface area contributed by atoms with Gasteiger partial charge < -0.3 is 9.80 Å². The Morgan fingerprint density at radius 1 is 1.00 bits per heavy atom. The van der Waals surface area contributed by atoms with Gasteiger partial charge in [-0.2, -0.15) is 0 Å². The van der Waals surface area contributed by atoms with Crippen LogP contribution in [0.1, 0.15) is 5.69 Å². The number of hydrogen-bond donors (Lipinski definition) is 0. The number of piperazine rings is 1. The average molecular weight is 272 g/mol. The van der Waals surface area contributed by atoms with Crippen LogP contribution >= 0.6 is 0 Å². The second kappa shape index (κ2) is 5.45. The van der Waals surface area contributed by atoms with Gasteiger partial charge >= 0.3 is 0 Å². The van der Waals surface area contributed by atoms with Gasteiger partial charge in [0, 0.05) is 38.1 Å². The lowest BCUT2D eigenvalue weighted by atomic mass is 10.2. The molecule has 2 heterocycles. The molecule has 1 aromatic carbocycles. The van der Waals surface area contributed by atoms with Crippen LogP contribution in [0.15, 0.2) is 36.5 Å². The Labute approximate surface area is 117 Å². The number of benzene rings is 1. The van der Waals surface area contributed by atoms with Crippen LogP contribution in [0.4, 0.5) is 16.0 Å². The third-order valence-electron chi connectivity index (χ3n) is 3.54. The molecule has 104 valence electrons. The minimum absolute atomic E-state index is 0.159. The lowest BCUT2D eigenvalue weighted by molar-refractivity contribution is 0.593. The van der Waals surface area contributed by atoms with Crippen LogP contribution in [-0.2, 0) is 0 Å². The zero-order valence-electron chi connectivity index (χ0n) is 11.5. The fourth-order valence-electron chi connectivity index (χ4n) is 2.44. The van der Waals surface area contributed by atoms with E-state index in [1.807, 2.05) is 25.1 Å². The van der Waals surface area contributed by atoms with Gasteiger partial charge in [0.05, 0.1) is 5.69 Å². The second-order valence-electron chi connectivity index (χ2n) is 4.92. The van der Waals surface area contributed by atoms with Crippen molar-refractivity contribution < 1.29 is 4.39 Å². The summed E-state index contributed by atoms with van der Waals surface area (Å²) in [6.07, 6.45) is 1.78. The Morgan fingerprint density at radius 2 is 1.70 bits per heavy atom. The maximum absolute atomic E-state index is 13.8. The minimum atomic E-state index is -0.159. The highest BCUT2D eigenvalue weighted by molar-refractivity contribution is 5.49. The first kappa shape index (κ1) is 12.8. The van der Waals surface area contributed by atoms with Crippen molar-refractivity contribution in [3.63, 3.8) is 0 Å². The van der Waals surface area contributed by atoms with Crippen LogP contribution in [0.3, 0.4) is 0 Å². The SMILES string of the molecule is Cc1ccnc(N2CCN(c3ccccc3F)CC2)n1. The molecule has 0 radical (unpaired) electrons. The topological polar surface area (TPSA) is 32.3 Å². The molecule has 2 aromatic rings. The Hall–Kier alpha value is -2.17. The molecule has 1 aliphatic heterocycles. The second-order valence-corrected chi connectivity index (χ2v) is 4.92. The lowest BCUT2D eigenvalue weighted by Crippen LogP contribution is -2.47. The molecule has 0 spiro atoms. The van der Waals surface area contributed by atoms with Gasteiger partial charge in [0.2, 0.25) is 5.95 Å². The summed E-state index contributed by atoms with van der Waals surface area (Å²) in [7, 11) is 0. The lowest BCUT2D eigenvalue weighted by Gasteiger charge is -2.36. The van der Waals surface area contributed by atoms with Crippen molar-refractivity contribution in [1.29, 1.82) is 0 Å². The van der Waals surface area contributed by atoms with E-state index in [0.717, 1.165) is 37.8 Å². The number of halogens is 1. The first-order valence-electron chi connectivity index (χ1n) is 6.78. The van der Waals surface area contributed by atoms with E-state index in [1.54, 1.807) is 12.3 Å². The van der Waals surface area contributed by atoms with Gasteiger partial charge in [-0.05, 0) is 25.1 Å². The predicted octanol–water partition coefficient (Wildman–Crippen LogP) is 2.25. The molecule has 0 unspecified atom stereocenters. The number of aromatic nitrogens is 2. The standard InChI is InChI=1S/C15H17FN4/c1-12-6-7-17-15(18-12)20-10-8-19(9-11-20)14-5-3-2-4-13(14)16/h2-7H,8-11H2,1H3. The zero-order chi connectivity index (χ0) is 13.9. The molecule has 4 nitrogen and oxygen atoms in total. The van der Waals surface area contributed by atoms with Gasteiger partial charge in [0.1, 0.15) is 5.82 Å². The first-order chi connectivity index (χ1) is 9.74. The number of para-hydroxylation sites is 1. The molecule has 0 amide bonds. The van der Waals surface area contributed by atoms with Crippen molar-refractivity contribution in [2.45, 2.75) is 6.92 Å². The van der Waals surface area contributed by atoms with Crippen molar-refractivity contribution in [3.05, 3.63) is 48.0 Å². The number of rotatable bonds is 2. The first-order valence-corrected chi connectivity index (χ1v) is 6.78. The summed E-state index contributed by atoms with van der Waals surface area (Å²) in [6.45, 7) is 5.12. The number of hydrogen-bond acceptors (Lipinski definition) is 4. The Bertz CT molecular complexity index is 594. The van der Waals surface area contributed by atoms with Crippen molar-refractivity contribution in [2.75, 3.05) is 36.0 Å². The summed E-state index contributed by atoms with van der Waals surface area (Å²) in [6, 6.07) is 8.81. The van der Waals surface area contributed by atoms with Gasteiger partial charge in [-0.25, -0.2) is 14.4 Å². The maximum Gasteiger partial charge on any atom is 0.225 e. The summed E-state index contributed by atoms with van der Waals surface area (Å²) in [4.78, 5) is 12.9. The summed E-state index contributed by atoms with van der Waals surface area (Å²) in [5, 5.41) is 0. The number of anilines is 2. The average Bonchev–Trinajstić information content (AvgIpc) is 2.48. The fraction of sp³-hybridized carbons (Fsp3) is 0.333. The normalized spacial score (nSPS) is 15.5. The van der Waals surface area contributed by atoms with Crippen molar-refractivity contribution in [1.82, 2.24) is 9.97 Å². The Balaban J connectivity index is 1.70. The van der Waals surface area contributed by atoms with Gasteiger partial charge in [-0.3, -0.25) is 0 Å². The van der Waals surface area contributed by atoms with Crippen molar-refractivity contribution in [3.8, 4) is 0 Å². The van der Waals surface area contributed by atoms with Gasteiger partial charge in [-0.1, -0.05) is 12.1 Å². The van der Waals surface area contributed by atoms with Crippen LogP contribution in [-0.4, -0.2) is 36.1 Å². The Morgan fingerprint density at radius 3 is 2.40 bits per heavy atom. The van der Waals surface area contributed by atoms with E-state index in [4.69, 9.17) is 0 Å². The third-order valence-corrected chi connectivity index (χ3v) is 3.54. The summed E-state index contributed by atoms with van der Waals surface area (Å²) in [5.41, 5.74) is 1.64.